The van der Waals surface area contributed by atoms with Gasteiger partial charge < -0.3 is 10.0 Å². The third kappa shape index (κ3) is 2.62. The Morgan fingerprint density at radius 3 is 2.75 bits per heavy atom. The Hall–Kier alpha value is -3.15. The van der Waals surface area contributed by atoms with E-state index in [1.807, 2.05) is 29.2 Å². The summed E-state index contributed by atoms with van der Waals surface area (Å²) in [5, 5.41) is 13.9. The number of phenolic OH excluding ortho intramolecular Hbond substituents is 1. The standard InChI is InChI=1S/C18H16N4O2/c23-15-5-3-13(4-6-15)11-21-9-7-17-16(18(21)24)12-22(20-17)14-2-1-8-19-10-14/h1-6,8,10,12,23H,7,9,11H2. The number of hydrogen-bond acceptors (Lipinski definition) is 4. The third-order valence-electron chi connectivity index (χ3n) is 4.15. The van der Waals surface area contributed by atoms with Crippen molar-refractivity contribution >= 4 is 5.91 Å². The average Bonchev–Trinajstić information content (AvgIpc) is 3.05. The van der Waals surface area contributed by atoms with E-state index in [1.165, 1.54) is 0 Å². The van der Waals surface area contributed by atoms with Crippen molar-refractivity contribution in [3.05, 3.63) is 71.8 Å². The van der Waals surface area contributed by atoms with E-state index in [1.54, 1.807) is 35.4 Å². The fourth-order valence-corrected chi connectivity index (χ4v) is 2.88. The lowest BCUT2D eigenvalue weighted by Crippen LogP contribution is -2.36. The number of phenols is 1. The topological polar surface area (TPSA) is 71.2 Å². The first-order valence-electron chi connectivity index (χ1n) is 7.77. The van der Waals surface area contributed by atoms with Gasteiger partial charge >= 0.3 is 0 Å². The number of rotatable bonds is 3. The van der Waals surface area contributed by atoms with Crippen LogP contribution in [0.3, 0.4) is 0 Å². The van der Waals surface area contributed by atoms with E-state index in [-0.39, 0.29) is 11.7 Å². The molecule has 1 aromatic carbocycles. The molecule has 1 amide bonds. The highest BCUT2D eigenvalue weighted by atomic mass is 16.3. The average molecular weight is 320 g/mol. The summed E-state index contributed by atoms with van der Waals surface area (Å²) in [6.07, 6.45) is 5.93. The predicted octanol–water partition coefficient (Wildman–Crippen LogP) is 2.17. The first-order chi connectivity index (χ1) is 11.7. The second-order valence-electron chi connectivity index (χ2n) is 5.79. The molecule has 0 saturated heterocycles. The van der Waals surface area contributed by atoms with Crippen molar-refractivity contribution in [2.75, 3.05) is 6.54 Å². The number of carbonyl (C=O) groups excluding carboxylic acids is 1. The van der Waals surface area contributed by atoms with Crippen LogP contribution in [0.4, 0.5) is 0 Å². The lowest BCUT2D eigenvalue weighted by molar-refractivity contribution is 0.0726. The number of pyridine rings is 1. The number of carbonyl (C=O) groups is 1. The van der Waals surface area contributed by atoms with Crippen molar-refractivity contribution in [3.8, 4) is 11.4 Å². The van der Waals surface area contributed by atoms with E-state index in [0.717, 1.165) is 23.4 Å². The van der Waals surface area contributed by atoms with Gasteiger partial charge in [-0.25, -0.2) is 4.68 Å². The zero-order valence-corrected chi connectivity index (χ0v) is 13.0. The third-order valence-corrected chi connectivity index (χ3v) is 4.15. The minimum Gasteiger partial charge on any atom is -0.508 e. The molecule has 6 heteroatoms. The van der Waals surface area contributed by atoms with Gasteiger partial charge in [0, 0.05) is 31.9 Å². The number of aromatic hydroxyl groups is 1. The minimum absolute atomic E-state index is 0.0144. The number of aromatic nitrogens is 3. The molecule has 1 aliphatic rings. The summed E-state index contributed by atoms with van der Waals surface area (Å²) >= 11 is 0. The van der Waals surface area contributed by atoms with Crippen molar-refractivity contribution in [3.63, 3.8) is 0 Å². The van der Waals surface area contributed by atoms with Crippen LogP contribution in [0.5, 0.6) is 5.75 Å². The van der Waals surface area contributed by atoms with Crippen molar-refractivity contribution in [1.82, 2.24) is 19.7 Å². The highest BCUT2D eigenvalue weighted by Crippen LogP contribution is 2.21. The van der Waals surface area contributed by atoms with Crippen LogP contribution in [-0.2, 0) is 13.0 Å². The van der Waals surface area contributed by atoms with Gasteiger partial charge in [0.1, 0.15) is 5.75 Å². The predicted molar refractivity (Wildman–Crippen MR) is 87.9 cm³/mol. The molecule has 3 heterocycles. The largest absolute Gasteiger partial charge is 0.508 e. The lowest BCUT2D eigenvalue weighted by atomic mass is 10.1. The number of benzene rings is 1. The van der Waals surface area contributed by atoms with E-state index in [9.17, 15) is 9.90 Å². The Morgan fingerprint density at radius 2 is 2.00 bits per heavy atom. The molecule has 0 bridgehead atoms. The molecule has 1 aliphatic heterocycles. The highest BCUT2D eigenvalue weighted by Gasteiger charge is 2.27. The molecular weight excluding hydrogens is 304 g/mol. The summed E-state index contributed by atoms with van der Waals surface area (Å²) < 4.78 is 1.71. The van der Waals surface area contributed by atoms with Crippen LogP contribution in [0.1, 0.15) is 21.6 Å². The minimum atomic E-state index is -0.0144. The number of hydrogen-bond donors (Lipinski definition) is 1. The molecule has 3 aromatic rings. The second kappa shape index (κ2) is 5.81. The maximum Gasteiger partial charge on any atom is 0.257 e. The van der Waals surface area contributed by atoms with Gasteiger partial charge in [-0.1, -0.05) is 12.1 Å². The Morgan fingerprint density at radius 1 is 1.17 bits per heavy atom. The molecule has 0 spiro atoms. The molecule has 1 N–H and O–H groups in total. The van der Waals surface area contributed by atoms with Gasteiger partial charge in [0.05, 0.1) is 23.1 Å². The summed E-state index contributed by atoms with van der Waals surface area (Å²) in [6, 6.07) is 10.7. The Balaban J connectivity index is 1.58. The molecule has 0 fully saturated rings. The zero-order chi connectivity index (χ0) is 16.5. The van der Waals surface area contributed by atoms with Crippen LogP contribution < -0.4 is 0 Å². The van der Waals surface area contributed by atoms with Gasteiger partial charge in [0.2, 0.25) is 0 Å². The lowest BCUT2D eigenvalue weighted by Gasteiger charge is -2.26. The molecule has 0 aliphatic carbocycles. The van der Waals surface area contributed by atoms with E-state index < -0.39 is 0 Å². The van der Waals surface area contributed by atoms with Crippen LogP contribution in [0.15, 0.2) is 55.0 Å². The molecule has 0 unspecified atom stereocenters. The van der Waals surface area contributed by atoms with Gasteiger partial charge in [-0.2, -0.15) is 5.10 Å². The molecule has 120 valence electrons. The van der Waals surface area contributed by atoms with E-state index in [2.05, 4.69) is 10.1 Å². The van der Waals surface area contributed by atoms with Crippen LogP contribution in [0.2, 0.25) is 0 Å². The molecule has 0 atom stereocenters. The van der Waals surface area contributed by atoms with Crippen LogP contribution >= 0.6 is 0 Å². The number of fused-ring (bicyclic) bond motifs is 1. The van der Waals surface area contributed by atoms with Gasteiger partial charge in [-0.05, 0) is 29.8 Å². The number of amides is 1. The summed E-state index contributed by atoms with van der Waals surface area (Å²) in [5.41, 5.74) is 3.30. The Labute approximate surface area is 139 Å². The van der Waals surface area contributed by atoms with Crippen molar-refractivity contribution < 1.29 is 9.90 Å². The quantitative estimate of drug-likeness (QED) is 0.803. The fourth-order valence-electron chi connectivity index (χ4n) is 2.88. The molecule has 2 aromatic heterocycles. The monoisotopic (exact) mass is 320 g/mol. The summed E-state index contributed by atoms with van der Waals surface area (Å²) in [4.78, 5) is 18.6. The highest BCUT2D eigenvalue weighted by molar-refractivity contribution is 5.96. The molecular formula is C18H16N4O2. The van der Waals surface area contributed by atoms with Crippen LogP contribution in [0, 0.1) is 0 Å². The molecule has 0 saturated carbocycles. The summed E-state index contributed by atoms with van der Waals surface area (Å²) in [6.45, 7) is 1.16. The summed E-state index contributed by atoms with van der Waals surface area (Å²) in [5.74, 6) is 0.211. The second-order valence-corrected chi connectivity index (χ2v) is 5.79. The van der Waals surface area contributed by atoms with E-state index in [0.29, 0.717) is 18.7 Å². The van der Waals surface area contributed by atoms with E-state index >= 15 is 0 Å². The van der Waals surface area contributed by atoms with Crippen molar-refractivity contribution in [2.24, 2.45) is 0 Å². The zero-order valence-electron chi connectivity index (χ0n) is 13.0. The van der Waals surface area contributed by atoms with Gasteiger partial charge in [-0.3, -0.25) is 9.78 Å². The van der Waals surface area contributed by atoms with Gasteiger partial charge in [0.15, 0.2) is 0 Å². The van der Waals surface area contributed by atoms with Crippen LogP contribution in [-0.4, -0.2) is 37.2 Å². The maximum atomic E-state index is 12.7. The SMILES string of the molecule is O=C1c2cn(-c3cccnc3)nc2CCN1Cc1ccc(O)cc1. The van der Waals surface area contributed by atoms with Gasteiger partial charge in [-0.15, -0.1) is 0 Å². The van der Waals surface area contributed by atoms with E-state index in [4.69, 9.17) is 0 Å². The molecule has 24 heavy (non-hydrogen) atoms. The molecule has 4 rings (SSSR count). The van der Waals surface area contributed by atoms with Gasteiger partial charge in [0.25, 0.3) is 5.91 Å². The van der Waals surface area contributed by atoms with Crippen LogP contribution in [0.25, 0.3) is 5.69 Å². The first-order valence-corrected chi connectivity index (χ1v) is 7.77. The first kappa shape index (κ1) is 14.4. The maximum absolute atomic E-state index is 12.7. The Bertz CT molecular complexity index is 872. The Kier molecular flexibility index (Phi) is 3.49. The fraction of sp³-hybridized carbons (Fsp3) is 0.167. The smallest absolute Gasteiger partial charge is 0.257 e. The number of nitrogens with zero attached hydrogens (tertiary/aromatic N) is 4. The molecule has 0 radical (unpaired) electrons. The van der Waals surface area contributed by atoms with Crippen molar-refractivity contribution in [1.29, 1.82) is 0 Å². The summed E-state index contributed by atoms with van der Waals surface area (Å²) in [7, 11) is 0. The molecule has 6 nitrogen and oxygen atoms in total. The van der Waals surface area contributed by atoms with Crippen molar-refractivity contribution in [2.45, 2.75) is 13.0 Å². The normalized spacial score (nSPS) is 13.8.